The SMILES string of the molecule is CC(C)(C)OCCC(C)(C)Oc1cccc(-c2ccc3cc(N4CCOCC4)ccc3c2)c1C#N. The molecule has 4 rings (SSSR count). The Balaban J connectivity index is 1.58. The molecule has 0 radical (unpaired) electrons. The number of rotatable bonds is 7. The molecule has 5 nitrogen and oxygen atoms in total. The predicted octanol–water partition coefficient (Wildman–Crippen LogP) is 6.58. The highest BCUT2D eigenvalue weighted by Gasteiger charge is 2.24. The van der Waals surface area contributed by atoms with E-state index in [-0.39, 0.29) is 5.60 Å². The average Bonchev–Trinajstić information content (AvgIpc) is 2.82. The van der Waals surface area contributed by atoms with E-state index < -0.39 is 5.60 Å². The molecule has 0 atom stereocenters. The van der Waals surface area contributed by atoms with Crippen molar-refractivity contribution in [3.05, 3.63) is 60.2 Å². The van der Waals surface area contributed by atoms with E-state index in [0.717, 1.165) is 49.2 Å². The number of fused-ring (bicyclic) bond motifs is 1. The first kappa shape index (κ1) is 25.0. The summed E-state index contributed by atoms with van der Waals surface area (Å²) in [5.74, 6) is 0.605. The minimum atomic E-state index is -0.464. The zero-order valence-electron chi connectivity index (χ0n) is 21.6. The fourth-order valence-corrected chi connectivity index (χ4v) is 4.34. The minimum absolute atomic E-state index is 0.188. The predicted molar refractivity (Wildman–Crippen MR) is 142 cm³/mol. The lowest BCUT2D eigenvalue weighted by atomic mass is 9.96. The number of hydrogen-bond donors (Lipinski definition) is 0. The van der Waals surface area contributed by atoms with E-state index in [4.69, 9.17) is 14.2 Å². The van der Waals surface area contributed by atoms with Crippen LogP contribution in [0, 0.1) is 11.3 Å². The Morgan fingerprint density at radius 3 is 2.37 bits per heavy atom. The third kappa shape index (κ3) is 6.33. The summed E-state index contributed by atoms with van der Waals surface area (Å²) in [5, 5.41) is 12.4. The highest BCUT2D eigenvalue weighted by atomic mass is 16.5. The van der Waals surface area contributed by atoms with Gasteiger partial charge in [-0.3, -0.25) is 0 Å². The van der Waals surface area contributed by atoms with E-state index >= 15 is 0 Å². The molecule has 1 fully saturated rings. The monoisotopic (exact) mass is 472 g/mol. The number of benzene rings is 3. The number of nitrogens with zero attached hydrogens (tertiary/aromatic N) is 2. The maximum absolute atomic E-state index is 10.1. The van der Waals surface area contributed by atoms with Crippen LogP contribution in [0.4, 0.5) is 5.69 Å². The van der Waals surface area contributed by atoms with Crippen LogP contribution >= 0.6 is 0 Å². The lowest BCUT2D eigenvalue weighted by molar-refractivity contribution is -0.0293. The first-order valence-corrected chi connectivity index (χ1v) is 12.4. The van der Waals surface area contributed by atoms with Crippen LogP contribution in [0.1, 0.15) is 46.6 Å². The van der Waals surface area contributed by atoms with Crippen molar-refractivity contribution in [2.75, 3.05) is 37.8 Å². The highest BCUT2D eigenvalue weighted by molar-refractivity contribution is 5.91. The summed E-state index contributed by atoms with van der Waals surface area (Å²) in [7, 11) is 0. The van der Waals surface area contributed by atoms with Gasteiger partial charge in [0.25, 0.3) is 0 Å². The number of nitriles is 1. The molecule has 184 valence electrons. The number of ether oxygens (including phenoxy) is 3. The molecule has 0 amide bonds. The van der Waals surface area contributed by atoms with Crippen molar-refractivity contribution < 1.29 is 14.2 Å². The second-order valence-corrected chi connectivity index (χ2v) is 10.7. The van der Waals surface area contributed by atoms with Crippen LogP contribution in [0.5, 0.6) is 5.75 Å². The van der Waals surface area contributed by atoms with Crippen molar-refractivity contribution >= 4 is 16.5 Å². The molecule has 0 bridgehead atoms. The largest absolute Gasteiger partial charge is 0.486 e. The van der Waals surface area contributed by atoms with Gasteiger partial charge in [-0.2, -0.15) is 5.26 Å². The number of hydrogen-bond acceptors (Lipinski definition) is 5. The first-order chi connectivity index (χ1) is 16.6. The molecule has 3 aromatic carbocycles. The van der Waals surface area contributed by atoms with Gasteiger partial charge in [-0.05, 0) is 75.2 Å². The van der Waals surface area contributed by atoms with Gasteiger partial charge in [0.05, 0.1) is 25.4 Å². The number of anilines is 1. The van der Waals surface area contributed by atoms with Crippen LogP contribution in [-0.2, 0) is 9.47 Å². The Morgan fingerprint density at radius 2 is 1.66 bits per heavy atom. The van der Waals surface area contributed by atoms with Gasteiger partial charge >= 0.3 is 0 Å². The molecule has 0 aliphatic carbocycles. The van der Waals surface area contributed by atoms with Gasteiger partial charge in [0.15, 0.2) is 0 Å². The molecule has 1 saturated heterocycles. The summed E-state index contributed by atoms with van der Waals surface area (Å²) >= 11 is 0. The molecule has 0 unspecified atom stereocenters. The van der Waals surface area contributed by atoms with Crippen LogP contribution < -0.4 is 9.64 Å². The Kier molecular flexibility index (Phi) is 7.35. The van der Waals surface area contributed by atoms with E-state index in [9.17, 15) is 5.26 Å². The van der Waals surface area contributed by atoms with Gasteiger partial charge < -0.3 is 19.1 Å². The summed E-state index contributed by atoms with van der Waals surface area (Å²) in [5.41, 5.74) is 3.01. The second-order valence-electron chi connectivity index (χ2n) is 10.7. The Bertz CT molecular complexity index is 1210. The first-order valence-electron chi connectivity index (χ1n) is 12.4. The number of morpholine rings is 1. The van der Waals surface area contributed by atoms with Crippen molar-refractivity contribution in [3.63, 3.8) is 0 Å². The molecule has 0 saturated carbocycles. The van der Waals surface area contributed by atoms with E-state index in [1.807, 2.05) is 52.8 Å². The van der Waals surface area contributed by atoms with E-state index in [1.54, 1.807) is 0 Å². The van der Waals surface area contributed by atoms with Crippen molar-refractivity contribution in [2.45, 2.75) is 52.2 Å². The maximum atomic E-state index is 10.1. The normalized spacial score (nSPS) is 14.7. The zero-order chi connectivity index (χ0) is 25.1. The third-order valence-corrected chi connectivity index (χ3v) is 6.27. The van der Waals surface area contributed by atoms with Crippen molar-refractivity contribution in [1.29, 1.82) is 5.26 Å². The summed E-state index contributed by atoms with van der Waals surface area (Å²) < 4.78 is 17.7. The fourth-order valence-electron chi connectivity index (χ4n) is 4.34. The highest BCUT2D eigenvalue weighted by Crippen LogP contribution is 2.35. The zero-order valence-corrected chi connectivity index (χ0v) is 21.6. The molecule has 1 aliphatic rings. The molecule has 0 N–H and O–H groups in total. The van der Waals surface area contributed by atoms with Crippen LogP contribution in [0.15, 0.2) is 54.6 Å². The third-order valence-electron chi connectivity index (χ3n) is 6.27. The van der Waals surface area contributed by atoms with Gasteiger partial charge in [-0.1, -0.05) is 30.3 Å². The van der Waals surface area contributed by atoms with Crippen molar-refractivity contribution in [1.82, 2.24) is 0 Å². The molecule has 3 aromatic rings. The van der Waals surface area contributed by atoms with Crippen molar-refractivity contribution in [2.24, 2.45) is 0 Å². The lowest BCUT2D eigenvalue weighted by Crippen LogP contribution is -2.36. The van der Waals surface area contributed by atoms with Gasteiger partial charge in [0.2, 0.25) is 0 Å². The van der Waals surface area contributed by atoms with Crippen LogP contribution in [-0.4, -0.2) is 44.1 Å². The standard InChI is InChI=1S/C30H36N2O3/c1-29(2,3)34-16-13-30(4,5)35-28-8-6-7-26(27(28)21-31)24-10-9-23-20-25(12-11-22(23)19-24)32-14-17-33-18-15-32/h6-12,19-20H,13-18H2,1-5H3. The van der Waals surface area contributed by atoms with Gasteiger partial charge in [0, 0.05) is 30.8 Å². The molecule has 1 aliphatic heterocycles. The lowest BCUT2D eigenvalue weighted by Gasteiger charge is -2.29. The van der Waals surface area contributed by atoms with E-state index in [0.29, 0.717) is 17.9 Å². The Hall–Kier alpha value is -3.07. The summed E-state index contributed by atoms with van der Waals surface area (Å²) in [6, 6.07) is 21.2. The molecule has 35 heavy (non-hydrogen) atoms. The molecule has 5 heteroatoms. The van der Waals surface area contributed by atoms with E-state index in [2.05, 4.69) is 47.4 Å². The van der Waals surface area contributed by atoms with Crippen LogP contribution in [0.2, 0.25) is 0 Å². The quantitative estimate of drug-likeness (QED) is 0.389. The maximum Gasteiger partial charge on any atom is 0.138 e. The average molecular weight is 473 g/mol. The second kappa shape index (κ2) is 10.3. The molecule has 0 spiro atoms. The minimum Gasteiger partial charge on any atom is -0.486 e. The fraction of sp³-hybridized carbons (Fsp3) is 0.433. The van der Waals surface area contributed by atoms with Crippen LogP contribution in [0.3, 0.4) is 0 Å². The van der Waals surface area contributed by atoms with Gasteiger partial charge in [-0.25, -0.2) is 0 Å². The Labute approximate surface area is 209 Å². The van der Waals surface area contributed by atoms with Crippen molar-refractivity contribution in [3.8, 4) is 22.9 Å². The molecule has 1 heterocycles. The topological polar surface area (TPSA) is 54.7 Å². The Morgan fingerprint density at radius 1 is 0.943 bits per heavy atom. The van der Waals surface area contributed by atoms with E-state index in [1.165, 1.54) is 11.1 Å². The molecule has 0 aromatic heterocycles. The molecular formula is C30H36N2O3. The summed E-state index contributed by atoms with van der Waals surface area (Å²) in [4.78, 5) is 2.36. The van der Waals surface area contributed by atoms with Crippen LogP contribution in [0.25, 0.3) is 21.9 Å². The summed E-state index contributed by atoms with van der Waals surface area (Å²) in [6.07, 6.45) is 0.723. The van der Waals surface area contributed by atoms with Gasteiger partial charge in [0.1, 0.15) is 23.0 Å². The molecular weight excluding hydrogens is 436 g/mol. The summed E-state index contributed by atoms with van der Waals surface area (Å²) in [6.45, 7) is 14.2. The van der Waals surface area contributed by atoms with Gasteiger partial charge in [-0.15, -0.1) is 0 Å². The smallest absolute Gasteiger partial charge is 0.138 e.